The second-order valence-corrected chi connectivity index (χ2v) is 10.1. The maximum absolute atomic E-state index is 6.70. The summed E-state index contributed by atoms with van der Waals surface area (Å²) < 4.78 is 0. The summed E-state index contributed by atoms with van der Waals surface area (Å²) in [6.45, 7) is 9.05. The highest BCUT2D eigenvalue weighted by Crippen LogP contribution is 2.33. The fourth-order valence-electron chi connectivity index (χ4n) is 4.06. The van der Waals surface area contributed by atoms with Crippen molar-refractivity contribution in [3.8, 4) is 0 Å². The second-order valence-electron chi connectivity index (χ2n) is 9.14. The van der Waals surface area contributed by atoms with Gasteiger partial charge in [0.25, 0.3) is 0 Å². The topological polar surface area (TPSA) is 0 Å². The van der Waals surface area contributed by atoms with Crippen molar-refractivity contribution in [2.24, 2.45) is 5.92 Å². The van der Waals surface area contributed by atoms with Crippen LogP contribution in [0.3, 0.4) is 0 Å². The molecule has 0 bridgehead atoms. The van der Waals surface area contributed by atoms with Crippen molar-refractivity contribution < 1.29 is 0 Å². The molecular formula is C25H51Cl. The van der Waals surface area contributed by atoms with E-state index in [9.17, 15) is 0 Å². The van der Waals surface area contributed by atoms with E-state index in [-0.39, 0.29) is 4.87 Å². The summed E-state index contributed by atoms with van der Waals surface area (Å²) in [4.78, 5) is -0.0259. The summed E-state index contributed by atoms with van der Waals surface area (Å²) in [5.41, 5.74) is 0. The lowest BCUT2D eigenvalue weighted by Gasteiger charge is -2.28. The van der Waals surface area contributed by atoms with Crippen LogP contribution in [0.2, 0.25) is 0 Å². The summed E-state index contributed by atoms with van der Waals surface area (Å²) in [7, 11) is 0. The molecule has 0 aromatic carbocycles. The van der Waals surface area contributed by atoms with Crippen LogP contribution < -0.4 is 0 Å². The first-order valence-electron chi connectivity index (χ1n) is 12.2. The molecule has 0 heterocycles. The molecule has 0 saturated heterocycles. The van der Waals surface area contributed by atoms with Crippen LogP contribution in [0.4, 0.5) is 0 Å². The van der Waals surface area contributed by atoms with Gasteiger partial charge in [-0.15, -0.1) is 11.6 Å². The number of halogens is 1. The zero-order valence-electron chi connectivity index (χ0n) is 18.9. The van der Waals surface area contributed by atoms with Gasteiger partial charge in [-0.25, -0.2) is 0 Å². The number of hydrogen-bond acceptors (Lipinski definition) is 0. The maximum atomic E-state index is 6.70. The van der Waals surface area contributed by atoms with E-state index < -0.39 is 0 Å². The summed E-state index contributed by atoms with van der Waals surface area (Å²) in [5.74, 6) is 0.703. The first-order chi connectivity index (χ1) is 12.5. The van der Waals surface area contributed by atoms with E-state index in [2.05, 4.69) is 27.7 Å². The lowest BCUT2D eigenvalue weighted by atomic mass is 9.85. The molecule has 0 aliphatic carbocycles. The quantitative estimate of drug-likeness (QED) is 0.144. The molecular weight excluding hydrogens is 336 g/mol. The van der Waals surface area contributed by atoms with Gasteiger partial charge in [0, 0.05) is 4.87 Å². The number of alkyl halides is 1. The Morgan fingerprint density at radius 2 is 0.769 bits per heavy atom. The van der Waals surface area contributed by atoms with Gasteiger partial charge in [-0.1, -0.05) is 123 Å². The molecule has 0 radical (unpaired) electrons. The summed E-state index contributed by atoms with van der Waals surface area (Å²) in [6, 6.07) is 0. The minimum Gasteiger partial charge on any atom is -0.120 e. The van der Waals surface area contributed by atoms with Crippen LogP contribution >= 0.6 is 11.6 Å². The smallest absolute Gasteiger partial charge is 0.0418 e. The van der Waals surface area contributed by atoms with Crippen molar-refractivity contribution >= 4 is 11.6 Å². The molecule has 0 saturated carbocycles. The largest absolute Gasteiger partial charge is 0.120 e. The molecule has 1 atom stereocenters. The molecule has 0 rings (SSSR count). The predicted octanol–water partition coefficient (Wildman–Crippen LogP) is 10.1. The molecule has 158 valence electrons. The van der Waals surface area contributed by atoms with Gasteiger partial charge in [-0.2, -0.15) is 0 Å². The molecule has 0 aliphatic heterocycles. The highest BCUT2D eigenvalue weighted by atomic mass is 35.5. The normalized spacial score (nSPS) is 13.3. The van der Waals surface area contributed by atoms with Gasteiger partial charge in [-0.05, 0) is 32.6 Å². The Hall–Kier alpha value is 0.290. The van der Waals surface area contributed by atoms with Crippen LogP contribution in [0.25, 0.3) is 0 Å². The number of unbranched alkanes of at least 4 members (excludes halogenated alkanes) is 15. The molecule has 1 heteroatoms. The van der Waals surface area contributed by atoms with Crippen molar-refractivity contribution in [3.63, 3.8) is 0 Å². The molecule has 26 heavy (non-hydrogen) atoms. The van der Waals surface area contributed by atoms with E-state index in [4.69, 9.17) is 11.6 Å². The maximum Gasteiger partial charge on any atom is 0.0418 e. The summed E-state index contributed by atoms with van der Waals surface area (Å²) in [5, 5.41) is 0. The van der Waals surface area contributed by atoms with E-state index in [1.807, 2.05) is 0 Å². The number of hydrogen-bond donors (Lipinski definition) is 0. The Kier molecular flexibility index (Phi) is 18.9. The van der Waals surface area contributed by atoms with E-state index >= 15 is 0 Å². The second kappa shape index (κ2) is 18.6. The zero-order chi connectivity index (χ0) is 19.5. The Morgan fingerprint density at radius 3 is 1.04 bits per heavy atom. The fourth-order valence-corrected chi connectivity index (χ4v) is 4.28. The van der Waals surface area contributed by atoms with Crippen molar-refractivity contribution in [2.75, 3.05) is 0 Å². The Labute approximate surface area is 172 Å². The van der Waals surface area contributed by atoms with Crippen LogP contribution in [0.1, 0.15) is 150 Å². The molecule has 0 aromatic rings. The molecule has 0 amide bonds. The minimum absolute atomic E-state index is 0.0259. The van der Waals surface area contributed by atoms with Crippen LogP contribution in [0.5, 0.6) is 0 Å². The van der Waals surface area contributed by atoms with Crippen molar-refractivity contribution in [1.82, 2.24) is 0 Å². The lowest BCUT2D eigenvalue weighted by Crippen LogP contribution is -2.24. The van der Waals surface area contributed by atoms with Gasteiger partial charge in [0.2, 0.25) is 0 Å². The summed E-state index contributed by atoms with van der Waals surface area (Å²) >= 11 is 6.70. The Balaban J connectivity index is 3.60. The molecule has 0 aliphatic rings. The Bertz CT molecular complexity index is 266. The Morgan fingerprint density at radius 1 is 0.500 bits per heavy atom. The van der Waals surface area contributed by atoms with E-state index in [1.165, 1.54) is 122 Å². The zero-order valence-corrected chi connectivity index (χ0v) is 19.6. The standard InChI is InChI=1S/C25H51Cl/c1-5-7-9-11-13-14-15-16-17-19-21-23-24(25(3,4)26)22-20-18-12-10-8-6-2/h24H,5-23H2,1-4H3. The van der Waals surface area contributed by atoms with E-state index in [0.717, 1.165) is 0 Å². The molecule has 0 spiro atoms. The van der Waals surface area contributed by atoms with Gasteiger partial charge >= 0.3 is 0 Å². The van der Waals surface area contributed by atoms with Gasteiger partial charge in [0.15, 0.2) is 0 Å². The third-order valence-electron chi connectivity index (χ3n) is 6.03. The van der Waals surface area contributed by atoms with Crippen molar-refractivity contribution in [1.29, 1.82) is 0 Å². The third-order valence-corrected chi connectivity index (χ3v) is 6.34. The first-order valence-corrected chi connectivity index (χ1v) is 12.6. The van der Waals surface area contributed by atoms with Crippen molar-refractivity contribution in [3.05, 3.63) is 0 Å². The van der Waals surface area contributed by atoms with Crippen molar-refractivity contribution in [2.45, 2.75) is 155 Å². The lowest BCUT2D eigenvalue weighted by molar-refractivity contribution is 0.334. The summed E-state index contributed by atoms with van der Waals surface area (Å²) in [6.07, 6.45) is 26.8. The van der Waals surface area contributed by atoms with Gasteiger partial charge in [0.05, 0.1) is 0 Å². The van der Waals surface area contributed by atoms with Gasteiger partial charge < -0.3 is 0 Å². The monoisotopic (exact) mass is 386 g/mol. The molecule has 0 nitrogen and oxygen atoms in total. The van der Waals surface area contributed by atoms with Gasteiger partial charge in [-0.3, -0.25) is 0 Å². The molecule has 0 N–H and O–H groups in total. The average molecular weight is 387 g/mol. The molecule has 1 unspecified atom stereocenters. The van der Waals surface area contributed by atoms with Crippen LogP contribution in [0, 0.1) is 5.92 Å². The minimum atomic E-state index is -0.0259. The van der Waals surface area contributed by atoms with Crippen LogP contribution in [-0.2, 0) is 0 Å². The number of rotatable bonds is 20. The predicted molar refractivity (Wildman–Crippen MR) is 122 cm³/mol. The third kappa shape index (κ3) is 17.7. The van der Waals surface area contributed by atoms with Crippen LogP contribution in [-0.4, -0.2) is 4.87 Å². The average Bonchev–Trinajstić information content (AvgIpc) is 2.59. The van der Waals surface area contributed by atoms with E-state index in [1.54, 1.807) is 0 Å². The molecule has 0 fully saturated rings. The van der Waals surface area contributed by atoms with E-state index in [0.29, 0.717) is 5.92 Å². The molecule has 0 aromatic heterocycles. The first kappa shape index (κ1) is 26.3. The highest BCUT2D eigenvalue weighted by Gasteiger charge is 2.25. The van der Waals surface area contributed by atoms with Gasteiger partial charge in [0.1, 0.15) is 0 Å². The fraction of sp³-hybridized carbons (Fsp3) is 1.00. The highest BCUT2D eigenvalue weighted by molar-refractivity contribution is 6.23. The van der Waals surface area contributed by atoms with Crippen LogP contribution in [0.15, 0.2) is 0 Å². The SMILES string of the molecule is CCCCCCCCCCCCCC(CCCCCCCC)C(C)(C)Cl.